The minimum absolute atomic E-state index is 0.0412. The van der Waals surface area contributed by atoms with E-state index in [1.807, 2.05) is 0 Å². The van der Waals surface area contributed by atoms with Crippen molar-refractivity contribution in [3.8, 4) is 0 Å². The summed E-state index contributed by atoms with van der Waals surface area (Å²) in [6.07, 6.45) is 0.0824. The lowest BCUT2D eigenvalue weighted by molar-refractivity contribution is 0.0502. The van der Waals surface area contributed by atoms with Crippen molar-refractivity contribution in [3.05, 3.63) is 47.5 Å². The highest BCUT2D eigenvalue weighted by Crippen LogP contribution is 2.49. The van der Waals surface area contributed by atoms with E-state index >= 15 is 0 Å². The van der Waals surface area contributed by atoms with E-state index in [1.54, 1.807) is 0 Å². The molecule has 2 nitrogen and oxygen atoms in total. The van der Waals surface area contributed by atoms with Gasteiger partial charge in [0.05, 0.1) is 0 Å². The SMILES string of the molecule is C[Si](C)(C)O[C@@H]1c2cccc3cccc(c23)[C@H]1O[Si](C)(C)C. The number of hydrogen-bond donors (Lipinski definition) is 0. The molecule has 0 saturated carbocycles. The topological polar surface area (TPSA) is 18.5 Å². The highest BCUT2D eigenvalue weighted by atomic mass is 28.4. The average molecular weight is 331 g/mol. The normalized spacial score (nSPS) is 21.5. The molecule has 0 radical (unpaired) electrons. The van der Waals surface area contributed by atoms with Gasteiger partial charge in [0.1, 0.15) is 12.2 Å². The van der Waals surface area contributed by atoms with Crippen LogP contribution < -0.4 is 0 Å². The summed E-state index contributed by atoms with van der Waals surface area (Å²) in [5.74, 6) is 0. The Hall–Kier alpha value is -0.946. The first-order valence-electron chi connectivity index (χ1n) is 8.03. The Morgan fingerprint density at radius 1 is 0.682 bits per heavy atom. The van der Waals surface area contributed by atoms with Gasteiger partial charge in [0, 0.05) is 0 Å². The molecule has 2 aromatic carbocycles. The zero-order chi connectivity index (χ0) is 16.1. The van der Waals surface area contributed by atoms with E-state index < -0.39 is 16.6 Å². The van der Waals surface area contributed by atoms with Crippen LogP contribution in [0, 0.1) is 0 Å². The van der Waals surface area contributed by atoms with Crippen LogP contribution in [0.15, 0.2) is 36.4 Å². The number of benzene rings is 2. The molecule has 0 heterocycles. The van der Waals surface area contributed by atoms with Crippen LogP contribution in [0.5, 0.6) is 0 Å². The molecule has 1 aliphatic rings. The average Bonchev–Trinajstić information content (AvgIpc) is 2.64. The molecule has 2 aromatic rings. The second-order valence-corrected chi connectivity index (χ2v) is 17.0. The Morgan fingerprint density at radius 3 is 1.45 bits per heavy atom. The van der Waals surface area contributed by atoms with Crippen molar-refractivity contribution in [1.82, 2.24) is 0 Å². The smallest absolute Gasteiger partial charge is 0.184 e. The van der Waals surface area contributed by atoms with Gasteiger partial charge in [-0.05, 0) is 61.2 Å². The Labute approximate surface area is 135 Å². The second kappa shape index (κ2) is 5.30. The molecule has 0 amide bonds. The highest BCUT2D eigenvalue weighted by Gasteiger charge is 2.40. The van der Waals surface area contributed by atoms with Crippen LogP contribution in [0.25, 0.3) is 10.8 Å². The van der Waals surface area contributed by atoms with Gasteiger partial charge in [-0.1, -0.05) is 36.4 Å². The summed E-state index contributed by atoms with van der Waals surface area (Å²) in [5, 5.41) is 2.64. The third-order valence-electron chi connectivity index (χ3n) is 3.82. The van der Waals surface area contributed by atoms with Gasteiger partial charge in [0.25, 0.3) is 0 Å². The van der Waals surface area contributed by atoms with Gasteiger partial charge in [0.2, 0.25) is 0 Å². The van der Waals surface area contributed by atoms with Crippen molar-refractivity contribution >= 4 is 27.4 Å². The molecule has 0 saturated heterocycles. The van der Waals surface area contributed by atoms with Crippen LogP contribution >= 0.6 is 0 Å². The van der Waals surface area contributed by atoms with Crippen LogP contribution in [0.4, 0.5) is 0 Å². The molecule has 0 aromatic heterocycles. The number of rotatable bonds is 4. The zero-order valence-electron chi connectivity index (χ0n) is 14.4. The fourth-order valence-electron chi connectivity index (χ4n) is 3.21. The maximum atomic E-state index is 6.57. The predicted molar refractivity (Wildman–Crippen MR) is 98.3 cm³/mol. The quantitative estimate of drug-likeness (QED) is 0.676. The number of hydrogen-bond acceptors (Lipinski definition) is 2. The van der Waals surface area contributed by atoms with Crippen molar-refractivity contribution in [2.45, 2.75) is 51.5 Å². The van der Waals surface area contributed by atoms with Gasteiger partial charge in [0.15, 0.2) is 16.6 Å². The summed E-state index contributed by atoms with van der Waals surface area (Å²) in [5.41, 5.74) is 2.61. The van der Waals surface area contributed by atoms with E-state index in [4.69, 9.17) is 8.85 Å². The summed E-state index contributed by atoms with van der Waals surface area (Å²) >= 11 is 0. The van der Waals surface area contributed by atoms with Gasteiger partial charge in [-0.15, -0.1) is 0 Å². The molecule has 118 valence electrons. The lowest BCUT2D eigenvalue weighted by Crippen LogP contribution is -2.34. The Morgan fingerprint density at radius 2 is 1.09 bits per heavy atom. The summed E-state index contributed by atoms with van der Waals surface area (Å²) in [7, 11) is -3.32. The van der Waals surface area contributed by atoms with E-state index in [9.17, 15) is 0 Å². The Balaban J connectivity index is 2.13. The first-order chi connectivity index (χ1) is 10.2. The predicted octanol–water partition coefficient (Wildman–Crippen LogP) is 5.64. The van der Waals surface area contributed by atoms with Crippen LogP contribution in [0.3, 0.4) is 0 Å². The first kappa shape index (κ1) is 15.9. The lowest BCUT2D eigenvalue weighted by Gasteiger charge is -2.33. The van der Waals surface area contributed by atoms with E-state index in [0.29, 0.717) is 0 Å². The molecule has 22 heavy (non-hydrogen) atoms. The van der Waals surface area contributed by atoms with Crippen LogP contribution in [-0.2, 0) is 8.85 Å². The lowest BCUT2D eigenvalue weighted by atomic mass is 10.1. The standard InChI is InChI=1S/C18H26O2Si2/c1-21(2,3)19-17-14-11-7-9-13-10-8-12-15(16(13)14)18(17)20-22(4,5)6/h7-12,17-18H,1-6H3/t17-,18-/m1/s1. The third-order valence-corrected chi connectivity index (χ3v) is 5.74. The molecule has 2 atom stereocenters. The van der Waals surface area contributed by atoms with Crippen LogP contribution in [0.1, 0.15) is 23.3 Å². The molecule has 1 aliphatic carbocycles. The van der Waals surface area contributed by atoms with Crippen molar-refractivity contribution in [3.63, 3.8) is 0 Å². The van der Waals surface area contributed by atoms with Gasteiger partial charge >= 0.3 is 0 Å². The molecule has 3 rings (SSSR count). The maximum absolute atomic E-state index is 6.57. The van der Waals surface area contributed by atoms with Crippen molar-refractivity contribution in [2.75, 3.05) is 0 Å². The van der Waals surface area contributed by atoms with Gasteiger partial charge < -0.3 is 8.85 Å². The molecular formula is C18H26O2Si2. The Bertz CT molecular complexity index is 642. The summed E-state index contributed by atoms with van der Waals surface area (Å²) in [6, 6.07) is 13.1. The fourth-order valence-corrected chi connectivity index (χ4v) is 5.24. The minimum Gasteiger partial charge on any atom is -0.408 e. The minimum atomic E-state index is -1.66. The molecule has 0 spiro atoms. The van der Waals surface area contributed by atoms with Crippen LogP contribution in [0.2, 0.25) is 39.3 Å². The van der Waals surface area contributed by atoms with Gasteiger partial charge in [-0.2, -0.15) is 0 Å². The van der Waals surface area contributed by atoms with Crippen molar-refractivity contribution in [1.29, 1.82) is 0 Å². The van der Waals surface area contributed by atoms with Crippen molar-refractivity contribution < 1.29 is 8.85 Å². The second-order valence-electron chi connectivity index (χ2n) is 8.09. The van der Waals surface area contributed by atoms with Gasteiger partial charge in [-0.3, -0.25) is 0 Å². The molecular weight excluding hydrogens is 304 g/mol. The molecule has 0 aliphatic heterocycles. The summed E-state index contributed by atoms with van der Waals surface area (Å²) < 4.78 is 13.1. The van der Waals surface area contributed by atoms with E-state index in [2.05, 4.69) is 75.7 Å². The van der Waals surface area contributed by atoms with Gasteiger partial charge in [-0.25, -0.2) is 0 Å². The molecule has 4 heteroatoms. The first-order valence-corrected chi connectivity index (χ1v) is 14.8. The van der Waals surface area contributed by atoms with E-state index in [-0.39, 0.29) is 12.2 Å². The fraction of sp³-hybridized carbons (Fsp3) is 0.444. The third kappa shape index (κ3) is 3.06. The Kier molecular flexibility index (Phi) is 3.84. The zero-order valence-corrected chi connectivity index (χ0v) is 16.4. The molecule has 0 unspecified atom stereocenters. The van der Waals surface area contributed by atoms with E-state index in [1.165, 1.54) is 21.9 Å². The summed E-state index contributed by atoms with van der Waals surface area (Å²) in [4.78, 5) is 0. The van der Waals surface area contributed by atoms with Crippen LogP contribution in [-0.4, -0.2) is 16.6 Å². The van der Waals surface area contributed by atoms with Crippen molar-refractivity contribution in [2.24, 2.45) is 0 Å². The maximum Gasteiger partial charge on any atom is 0.184 e. The highest BCUT2D eigenvalue weighted by molar-refractivity contribution is 6.70. The largest absolute Gasteiger partial charge is 0.408 e. The molecule has 0 N–H and O–H groups in total. The van der Waals surface area contributed by atoms with E-state index in [0.717, 1.165) is 0 Å². The molecule has 0 fully saturated rings. The monoisotopic (exact) mass is 330 g/mol. The summed E-state index contributed by atoms with van der Waals surface area (Å²) in [6.45, 7) is 13.5. The molecule has 0 bridgehead atoms.